The van der Waals surface area contributed by atoms with E-state index in [4.69, 9.17) is 0 Å². The molecule has 0 spiro atoms. The molecule has 3 rings (SSSR count). The molecule has 1 heterocycles. The number of aromatic amines is 1. The van der Waals surface area contributed by atoms with E-state index in [0.717, 1.165) is 12.0 Å². The molecule has 0 fully saturated rings. The van der Waals surface area contributed by atoms with Crippen molar-refractivity contribution in [1.29, 1.82) is 0 Å². The minimum absolute atomic E-state index is 0.0596. The molecule has 115 valence electrons. The Morgan fingerprint density at radius 1 is 1.04 bits per heavy atom. The summed E-state index contributed by atoms with van der Waals surface area (Å²) < 4.78 is 0. The highest BCUT2D eigenvalue weighted by atomic mass is 16.1. The number of hydrogen-bond acceptors (Lipinski definition) is 2. The first-order chi connectivity index (χ1) is 11.3. The number of rotatable bonds is 7. The molecule has 2 aromatic carbocycles. The van der Waals surface area contributed by atoms with Crippen LogP contribution in [0.2, 0.25) is 0 Å². The third-order valence-electron chi connectivity index (χ3n) is 3.90. The zero-order valence-electron chi connectivity index (χ0n) is 12.9. The summed E-state index contributed by atoms with van der Waals surface area (Å²) in [5.41, 5.74) is 2.91. The minimum Gasteiger partial charge on any atom is -0.350 e. The van der Waals surface area contributed by atoms with E-state index in [1.54, 1.807) is 12.5 Å². The number of benzene rings is 2. The number of imidazole rings is 1. The molecule has 3 nitrogen and oxygen atoms in total. The molecule has 0 aliphatic rings. The molecule has 1 aromatic heterocycles. The minimum atomic E-state index is 0.0596. The van der Waals surface area contributed by atoms with Crippen molar-refractivity contribution in [2.75, 3.05) is 0 Å². The lowest BCUT2D eigenvalue weighted by Gasteiger charge is -2.16. The van der Waals surface area contributed by atoms with Gasteiger partial charge in [-0.3, -0.25) is 4.79 Å². The Hall–Kier alpha value is -2.68. The fourth-order valence-electron chi connectivity index (χ4n) is 2.65. The van der Waals surface area contributed by atoms with Crippen LogP contribution in [0.5, 0.6) is 0 Å². The van der Waals surface area contributed by atoms with Crippen LogP contribution < -0.4 is 0 Å². The van der Waals surface area contributed by atoms with Crippen LogP contribution in [0.1, 0.15) is 34.0 Å². The summed E-state index contributed by atoms with van der Waals surface area (Å²) in [6, 6.07) is 20.5. The van der Waals surface area contributed by atoms with Crippen LogP contribution in [0.4, 0.5) is 0 Å². The number of aromatic nitrogens is 2. The molecule has 23 heavy (non-hydrogen) atoms. The van der Waals surface area contributed by atoms with Crippen LogP contribution in [-0.2, 0) is 6.42 Å². The summed E-state index contributed by atoms with van der Waals surface area (Å²) >= 11 is 0. The normalized spacial score (nSPS) is 12.0. The van der Waals surface area contributed by atoms with Gasteiger partial charge in [0.1, 0.15) is 5.69 Å². The number of carbonyl (C=O) groups is 1. The molecular formula is C20H19N2O. The summed E-state index contributed by atoms with van der Waals surface area (Å²) in [5.74, 6) is 0.144. The topological polar surface area (TPSA) is 45.8 Å². The van der Waals surface area contributed by atoms with Gasteiger partial charge in [0.2, 0.25) is 0 Å². The second-order valence-electron chi connectivity index (χ2n) is 5.52. The van der Waals surface area contributed by atoms with Crippen molar-refractivity contribution in [3.05, 3.63) is 96.4 Å². The molecule has 0 aliphatic heterocycles. The largest absolute Gasteiger partial charge is 0.350 e. The highest BCUT2D eigenvalue weighted by molar-refractivity contribution is 5.94. The van der Waals surface area contributed by atoms with Crippen LogP contribution in [0.25, 0.3) is 0 Å². The fourth-order valence-corrected chi connectivity index (χ4v) is 2.65. The molecule has 0 amide bonds. The third kappa shape index (κ3) is 4.16. The van der Waals surface area contributed by atoms with E-state index in [9.17, 15) is 4.79 Å². The average Bonchev–Trinajstić information content (AvgIpc) is 3.15. The monoisotopic (exact) mass is 303 g/mol. The van der Waals surface area contributed by atoms with Gasteiger partial charge in [-0.25, -0.2) is 4.98 Å². The molecule has 3 aromatic rings. The van der Waals surface area contributed by atoms with Gasteiger partial charge in [0.25, 0.3) is 0 Å². The van der Waals surface area contributed by atoms with Gasteiger partial charge < -0.3 is 4.98 Å². The zero-order valence-corrected chi connectivity index (χ0v) is 12.9. The summed E-state index contributed by atoms with van der Waals surface area (Å²) in [4.78, 5) is 19.3. The van der Waals surface area contributed by atoms with Gasteiger partial charge in [0, 0.05) is 12.6 Å². The summed E-state index contributed by atoms with van der Waals surface area (Å²) in [7, 11) is 0. The number of nitrogens with one attached hydrogen (secondary N) is 1. The van der Waals surface area contributed by atoms with Gasteiger partial charge in [0.05, 0.1) is 6.33 Å². The van der Waals surface area contributed by atoms with E-state index in [0.29, 0.717) is 12.1 Å². The van der Waals surface area contributed by atoms with E-state index >= 15 is 0 Å². The maximum Gasteiger partial charge on any atom is 0.183 e. The van der Waals surface area contributed by atoms with Crippen molar-refractivity contribution in [3.63, 3.8) is 0 Å². The lowest BCUT2D eigenvalue weighted by atomic mass is 9.88. The van der Waals surface area contributed by atoms with Gasteiger partial charge in [-0.2, -0.15) is 0 Å². The zero-order chi connectivity index (χ0) is 15.9. The number of hydrogen-bond donors (Lipinski definition) is 1. The predicted molar refractivity (Wildman–Crippen MR) is 91.2 cm³/mol. The Morgan fingerprint density at radius 2 is 1.74 bits per heavy atom. The van der Waals surface area contributed by atoms with Crippen LogP contribution in [0, 0.1) is 6.42 Å². The van der Waals surface area contributed by atoms with E-state index in [1.807, 2.05) is 36.4 Å². The van der Waals surface area contributed by atoms with Crippen molar-refractivity contribution in [2.45, 2.75) is 18.8 Å². The van der Waals surface area contributed by atoms with E-state index in [-0.39, 0.29) is 11.7 Å². The summed E-state index contributed by atoms with van der Waals surface area (Å²) in [6.45, 7) is 0. The fraction of sp³-hybridized carbons (Fsp3) is 0.150. The predicted octanol–water partition coefficient (Wildman–Crippen LogP) is 4.21. The third-order valence-corrected chi connectivity index (χ3v) is 3.90. The Labute approximate surface area is 136 Å². The first-order valence-electron chi connectivity index (χ1n) is 7.77. The maximum atomic E-state index is 12.4. The number of Topliss-reactive ketones (excluding diaryl/α,β-unsaturated/α-hetero) is 1. The lowest BCUT2D eigenvalue weighted by molar-refractivity contribution is 0.0972. The Morgan fingerprint density at radius 3 is 2.39 bits per heavy atom. The van der Waals surface area contributed by atoms with Gasteiger partial charge in [-0.05, 0) is 29.9 Å². The molecule has 0 aliphatic carbocycles. The molecule has 3 heteroatoms. The van der Waals surface area contributed by atoms with Crippen molar-refractivity contribution in [3.8, 4) is 0 Å². The highest BCUT2D eigenvalue weighted by Crippen LogP contribution is 2.26. The van der Waals surface area contributed by atoms with Gasteiger partial charge >= 0.3 is 0 Å². The first-order valence-corrected chi connectivity index (χ1v) is 7.77. The standard InChI is InChI=1S/C20H19N2O/c23-20(19-14-21-15-22-19)13-18(17-9-5-2-6-10-17)12-11-16-7-3-1-4-8-16/h1-10,12,14-15,18H,11,13H2,(H,21,22). The van der Waals surface area contributed by atoms with E-state index in [1.165, 1.54) is 5.56 Å². The molecule has 0 bridgehead atoms. The number of H-pyrrole nitrogens is 1. The van der Waals surface area contributed by atoms with Crippen LogP contribution in [-0.4, -0.2) is 15.8 Å². The van der Waals surface area contributed by atoms with Crippen LogP contribution in [0.15, 0.2) is 73.2 Å². The second-order valence-corrected chi connectivity index (χ2v) is 5.52. The van der Waals surface area contributed by atoms with Crippen LogP contribution >= 0.6 is 0 Å². The summed E-state index contributed by atoms with van der Waals surface area (Å²) in [6.07, 6.45) is 6.69. The molecule has 1 N–H and O–H groups in total. The Kier molecular flexibility index (Phi) is 4.99. The average molecular weight is 303 g/mol. The quantitative estimate of drug-likeness (QED) is 0.664. The smallest absolute Gasteiger partial charge is 0.183 e. The molecule has 1 unspecified atom stereocenters. The maximum absolute atomic E-state index is 12.4. The molecule has 1 atom stereocenters. The van der Waals surface area contributed by atoms with Gasteiger partial charge in [0.15, 0.2) is 5.78 Å². The van der Waals surface area contributed by atoms with Gasteiger partial charge in [-0.1, -0.05) is 60.7 Å². The van der Waals surface area contributed by atoms with Gasteiger partial charge in [-0.15, -0.1) is 0 Å². The first kappa shape index (κ1) is 15.2. The Balaban J connectivity index is 1.73. The van der Waals surface area contributed by atoms with Crippen LogP contribution in [0.3, 0.4) is 0 Å². The second kappa shape index (κ2) is 7.54. The van der Waals surface area contributed by atoms with E-state index < -0.39 is 0 Å². The van der Waals surface area contributed by atoms with Crippen molar-refractivity contribution < 1.29 is 4.79 Å². The SMILES string of the molecule is O=C(CC([CH]Cc1ccccc1)c1ccccc1)c1c[nH]cn1. The number of nitrogens with zero attached hydrogens (tertiary/aromatic N) is 1. The lowest BCUT2D eigenvalue weighted by Crippen LogP contribution is -2.10. The molecule has 1 radical (unpaired) electrons. The van der Waals surface area contributed by atoms with Crippen molar-refractivity contribution in [2.24, 2.45) is 0 Å². The summed E-state index contributed by atoms with van der Waals surface area (Å²) in [5, 5.41) is 0. The van der Waals surface area contributed by atoms with E-state index in [2.05, 4.69) is 40.7 Å². The molecule has 0 saturated heterocycles. The molecule has 0 saturated carbocycles. The molecular weight excluding hydrogens is 284 g/mol. The Bertz CT molecular complexity index is 721. The number of carbonyl (C=O) groups excluding carboxylic acids is 1. The van der Waals surface area contributed by atoms with Crippen molar-refractivity contribution >= 4 is 5.78 Å². The number of ketones is 1. The van der Waals surface area contributed by atoms with Crippen molar-refractivity contribution in [1.82, 2.24) is 9.97 Å². The highest BCUT2D eigenvalue weighted by Gasteiger charge is 2.18.